The highest BCUT2D eigenvalue weighted by Gasteiger charge is 2.33. The van der Waals surface area contributed by atoms with E-state index in [0.717, 1.165) is 32.5 Å². The van der Waals surface area contributed by atoms with Crippen LogP contribution in [0, 0.1) is 11.3 Å². The second kappa shape index (κ2) is 6.09. The van der Waals surface area contributed by atoms with Crippen molar-refractivity contribution in [3.8, 4) is 6.07 Å². The van der Waals surface area contributed by atoms with E-state index < -0.39 is 0 Å². The lowest BCUT2D eigenvalue weighted by Gasteiger charge is -2.36. The van der Waals surface area contributed by atoms with Gasteiger partial charge in [-0.2, -0.15) is 5.26 Å². The van der Waals surface area contributed by atoms with Gasteiger partial charge in [-0.3, -0.25) is 4.90 Å². The molecule has 21 heavy (non-hydrogen) atoms. The first-order valence-electron chi connectivity index (χ1n) is 7.42. The molecular formula is C18H20N2S. The second-order valence-corrected chi connectivity index (χ2v) is 6.91. The third-order valence-corrected chi connectivity index (χ3v) is 5.81. The molecule has 3 heteroatoms. The van der Waals surface area contributed by atoms with Crippen LogP contribution in [0.15, 0.2) is 42.5 Å². The lowest BCUT2D eigenvalue weighted by molar-refractivity contribution is 0.210. The molecule has 2 aromatic carbocycles. The Hall–Kier alpha value is -1.50. The first-order chi connectivity index (χ1) is 10.3. The fourth-order valence-electron chi connectivity index (χ4n) is 3.11. The lowest BCUT2D eigenvalue weighted by atomic mass is 9.96. The highest BCUT2D eigenvalue weighted by Crippen LogP contribution is 2.34. The van der Waals surface area contributed by atoms with Crippen LogP contribution in [0.5, 0.6) is 0 Å². The fraction of sp³-hybridized carbons (Fsp3) is 0.389. The van der Waals surface area contributed by atoms with Gasteiger partial charge in [0.15, 0.2) is 0 Å². The molecule has 1 aliphatic rings. The van der Waals surface area contributed by atoms with E-state index >= 15 is 0 Å². The van der Waals surface area contributed by atoms with Gasteiger partial charge in [-0.1, -0.05) is 42.5 Å². The van der Waals surface area contributed by atoms with E-state index in [2.05, 4.69) is 59.7 Å². The SMILES string of the molecule is CSC1(C#N)CCN(Cc2cccc3ccccc23)CC1. The number of likely N-dealkylation sites (tertiary alicyclic amines) is 1. The number of benzene rings is 2. The molecule has 2 nitrogen and oxygen atoms in total. The minimum atomic E-state index is -0.157. The number of nitrogens with zero attached hydrogens (tertiary/aromatic N) is 2. The zero-order valence-electron chi connectivity index (χ0n) is 12.4. The van der Waals surface area contributed by atoms with E-state index in [1.165, 1.54) is 16.3 Å². The van der Waals surface area contributed by atoms with Gasteiger partial charge >= 0.3 is 0 Å². The molecule has 0 atom stereocenters. The van der Waals surface area contributed by atoms with Crippen molar-refractivity contribution in [2.45, 2.75) is 24.1 Å². The number of fused-ring (bicyclic) bond motifs is 1. The van der Waals surface area contributed by atoms with E-state index in [1.807, 2.05) is 0 Å². The molecule has 0 aliphatic carbocycles. The lowest BCUT2D eigenvalue weighted by Crippen LogP contribution is -2.41. The monoisotopic (exact) mass is 296 g/mol. The van der Waals surface area contributed by atoms with E-state index in [4.69, 9.17) is 0 Å². The van der Waals surface area contributed by atoms with Crippen molar-refractivity contribution in [1.29, 1.82) is 5.26 Å². The Balaban J connectivity index is 1.75. The fourth-order valence-corrected chi connectivity index (χ4v) is 3.79. The number of hydrogen-bond acceptors (Lipinski definition) is 3. The van der Waals surface area contributed by atoms with Gasteiger partial charge in [-0.05, 0) is 35.4 Å². The predicted octanol–water partition coefficient (Wildman–Crippen LogP) is 4.06. The number of piperidine rings is 1. The second-order valence-electron chi connectivity index (χ2n) is 5.72. The average molecular weight is 296 g/mol. The molecule has 0 bridgehead atoms. The first-order valence-corrected chi connectivity index (χ1v) is 8.64. The number of rotatable bonds is 3. The van der Waals surface area contributed by atoms with E-state index in [1.54, 1.807) is 11.8 Å². The van der Waals surface area contributed by atoms with Crippen LogP contribution in [-0.2, 0) is 6.54 Å². The van der Waals surface area contributed by atoms with Crippen LogP contribution in [0.1, 0.15) is 18.4 Å². The molecule has 0 amide bonds. The summed E-state index contributed by atoms with van der Waals surface area (Å²) in [4.78, 5) is 2.48. The van der Waals surface area contributed by atoms with Crippen LogP contribution in [0.25, 0.3) is 10.8 Å². The summed E-state index contributed by atoms with van der Waals surface area (Å²) < 4.78 is -0.157. The Bertz CT molecular complexity index is 661. The molecule has 2 aromatic rings. The minimum Gasteiger partial charge on any atom is -0.299 e. The summed E-state index contributed by atoms with van der Waals surface area (Å²) in [5.41, 5.74) is 1.39. The Morgan fingerprint density at radius 1 is 1.14 bits per heavy atom. The van der Waals surface area contributed by atoms with Crippen molar-refractivity contribution < 1.29 is 0 Å². The molecule has 0 unspecified atom stereocenters. The standard InChI is InChI=1S/C18H20N2S/c1-21-18(14-19)9-11-20(12-10-18)13-16-7-4-6-15-5-2-3-8-17(15)16/h2-8H,9-13H2,1H3. The van der Waals surface area contributed by atoms with Crippen LogP contribution in [-0.4, -0.2) is 29.0 Å². The van der Waals surface area contributed by atoms with Crippen molar-refractivity contribution in [2.24, 2.45) is 0 Å². The number of nitriles is 1. The molecule has 0 saturated carbocycles. The summed E-state index contributed by atoms with van der Waals surface area (Å²) >= 11 is 1.72. The molecule has 1 aliphatic heterocycles. The molecule has 0 N–H and O–H groups in total. The first kappa shape index (κ1) is 14.4. The minimum absolute atomic E-state index is 0.157. The van der Waals surface area contributed by atoms with Gasteiger partial charge in [0.2, 0.25) is 0 Å². The normalized spacial score (nSPS) is 18.5. The Morgan fingerprint density at radius 2 is 1.86 bits per heavy atom. The van der Waals surface area contributed by atoms with Gasteiger partial charge < -0.3 is 0 Å². The molecular weight excluding hydrogens is 276 g/mol. The Labute approximate surface area is 130 Å². The van der Waals surface area contributed by atoms with Crippen LogP contribution >= 0.6 is 11.8 Å². The maximum atomic E-state index is 9.37. The third-order valence-electron chi connectivity index (χ3n) is 4.53. The summed E-state index contributed by atoms with van der Waals surface area (Å²) in [5, 5.41) is 12.0. The molecule has 1 saturated heterocycles. The molecule has 1 fully saturated rings. The summed E-state index contributed by atoms with van der Waals surface area (Å²) in [6.45, 7) is 3.01. The number of thioether (sulfide) groups is 1. The maximum Gasteiger partial charge on any atom is 0.104 e. The van der Waals surface area contributed by atoms with E-state index in [9.17, 15) is 5.26 Å². The number of hydrogen-bond donors (Lipinski definition) is 0. The van der Waals surface area contributed by atoms with Crippen LogP contribution in [0.2, 0.25) is 0 Å². The highest BCUT2D eigenvalue weighted by atomic mass is 32.2. The Morgan fingerprint density at radius 3 is 2.57 bits per heavy atom. The van der Waals surface area contributed by atoms with Gasteiger partial charge in [0.25, 0.3) is 0 Å². The maximum absolute atomic E-state index is 9.37. The topological polar surface area (TPSA) is 27.0 Å². The van der Waals surface area contributed by atoms with Crippen molar-refractivity contribution >= 4 is 22.5 Å². The van der Waals surface area contributed by atoms with Crippen molar-refractivity contribution in [3.63, 3.8) is 0 Å². The molecule has 0 radical (unpaired) electrons. The van der Waals surface area contributed by atoms with E-state index in [-0.39, 0.29) is 4.75 Å². The summed E-state index contributed by atoms with van der Waals surface area (Å²) in [7, 11) is 0. The van der Waals surface area contributed by atoms with Crippen molar-refractivity contribution in [1.82, 2.24) is 4.90 Å². The predicted molar refractivity (Wildman–Crippen MR) is 90.3 cm³/mol. The molecule has 3 rings (SSSR count). The van der Waals surface area contributed by atoms with E-state index in [0.29, 0.717) is 0 Å². The van der Waals surface area contributed by atoms with Gasteiger partial charge in [0, 0.05) is 19.6 Å². The van der Waals surface area contributed by atoms with Crippen LogP contribution in [0.3, 0.4) is 0 Å². The summed E-state index contributed by atoms with van der Waals surface area (Å²) in [6, 6.07) is 17.6. The third kappa shape index (κ3) is 2.92. The molecule has 0 spiro atoms. The average Bonchev–Trinajstić information content (AvgIpc) is 2.56. The van der Waals surface area contributed by atoms with Crippen molar-refractivity contribution in [3.05, 3.63) is 48.0 Å². The summed E-state index contributed by atoms with van der Waals surface area (Å²) in [5.74, 6) is 0. The molecule has 108 valence electrons. The van der Waals surface area contributed by atoms with Gasteiger partial charge in [-0.25, -0.2) is 0 Å². The Kier molecular flexibility index (Phi) is 4.19. The largest absolute Gasteiger partial charge is 0.299 e. The quantitative estimate of drug-likeness (QED) is 0.854. The van der Waals surface area contributed by atoms with Gasteiger partial charge in [0.05, 0.1) is 6.07 Å². The van der Waals surface area contributed by atoms with Crippen LogP contribution < -0.4 is 0 Å². The van der Waals surface area contributed by atoms with Crippen molar-refractivity contribution in [2.75, 3.05) is 19.3 Å². The smallest absolute Gasteiger partial charge is 0.104 e. The zero-order chi connectivity index (χ0) is 14.7. The zero-order valence-corrected chi connectivity index (χ0v) is 13.2. The van der Waals surface area contributed by atoms with Gasteiger partial charge in [-0.15, -0.1) is 11.8 Å². The highest BCUT2D eigenvalue weighted by molar-refractivity contribution is 8.00. The van der Waals surface area contributed by atoms with Crippen LogP contribution in [0.4, 0.5) is 0 Å². The summed E-state index contributed by atoms with van der Waals surface area (Å²) in [6.07, 6.45) is 3.99. The molecule has 0 aromatic heterocycles. The molecule has 1 heterocycles. The van der Waals surface area contributed by atoms with Gasteiger partial charge in [0.1, 0.15) is 4.75 Å².